The highest BCUT2D eigenvalue weighted by Gasteiger charge is 2.07. The van der Waals surface area contributed by atoms with Gasteiger partial charge in [-0.1, -0.05) is 36.3 Å². The van der Waals surface area contributed by atoms with E-state index in [9.17, 15) is 0 Å². The Hall–Kier alpha value is -1.43. The molecular weight excluding hydrogens is 244 g/mol. The van der Waals surface area contributed by atoms with E-state index in [0.29, 0.717) is 0 Å². The number of thiophene rings is 1. The van der Waals surface area contributed by atoms with Crippen LogP contribution >= 0.6 is 23.1 Å². The van der Waals surface area contributed by atoms with Gasteiger partial charge in [-0.3, -0.25) is 0 Å². The van der Waals surface area contributed by atoms with Crippen LogP contribution < -0.4 is 0 Å². The minimum absolute atomic E-state index is 0.730. The van der Waals surface area contributed by atoms with Crippen LogP contribution in [0, 0.1) is 12.3 Å². The number of fused-ring (bicyclic) bond motifs is 3. The summed E-state index contributed by atoms with van der Waals surface area (Å²) in [6.45, 7) is 0. The zero-order chi connectivity index (χ0) is 11.7. The molecule has 0 fully saturated rings. The fourth-order valence-corrected chi connectivity index (χ4v) is 4.02. The molecule has 0 unspecified atom stereocenters. The summed E-state index contributed by atoms with van der Waals surface area (Å²) in [5, 5.41) is 2.68. The van der Waals surface area contributed by atoms with Gasteiger partial charge in [0.25, 0.3) is 0 Å². The molecule has 0 amide bonds. The largest absolute Gasteiger partial charge is 0.134 e. The smallest absolute Gasteiger partial charge is 0.0592 e. The van der Waals surface area contributed by atoms with Gasteiger partial charge < -0.3 is 0 Å². The third-order valence-electron chi connectivity index (χ3n) is 2.68. The van der Waals surface area contributed by atoms with E-state index >= 15 is 0 Å². The van der Waals surface area contributed by atoms with E-state index in [4.69, 9.17) is 6.42 Å². The predicted octanol–water partition coefficient (Wildman–Crippen LogP) is 4.78. The van der Waals surface area contributed by atoms with Gasteiger partial charge in [-0.2, -0.15) is 0 Å². The van der Waals surface area contributed by atoms with Gasteiger partial charge in [0, 0.05) is 25.1 Å². The minimum Gasteiger partial charge on any atom is -0.134 e. The van der Waals surface area contributed by atoms with Crippen LogP contribution in [-0.4, -0.2) is 5.75 Å². The van der Waals surface area contributed by atoms with Crippen LogP contribution in [0.3, 0.4) is 0 Å². The normalized spacial score (nSPS) is 10.8. The van der Waals surface area contributed by atoms with Crippen molar-refractivity contribution in [3.63, 3.8) is 0 Å². The van der Waals surface area contributed by atoms with Gasteiger partial charge in [-0.05, 0) is 12.1 Å². The van der Waals surface area contributed by atoms with Crippen LogP contribution in [0.4, 0.5) is 0 Å². The molecule has 0 atom stereocenters. The van der Waals surface area contributed by atoms with Crippen LogP contribution in [-0.2, 0) is 0 Å². The summed E-state index contributed by atoms with van der Waals surface area (Å²) in [5.74, 6) is 3.41. The Labute approximate surface area is 109 Å². The van der Waals surface area contributed by atoms with E-state index in [-0.39, 0.29) is 0 Å². The lowest BCUT2D eigenvalue weighted by molar-refractivity contribution is 1.59. The van der Waals surface area contributed by atoms with Gasteiger partial charge in [0.1, 0.15) is 0 Å². The molecule has 0 saturated heterocycles. The van der Waals surface area contributed by atoms with Gasteiger partial charge in [-0.25, -0.2) is 0 Å². The van der Waals surface area contributed by atoms with Crippen LogP contribution in [0.25, 0.3) is 20.2 Å². The fraction of sp³-hybridized carbons (Fsp3) is 0.0667. The molecule has 0 bridgehead atoms. The zero-order valence-corrected chi connectivity index (χ0v) is 10.8. The Morgan fingerprint density at radius 1 is 1.06 bits per heavy atom. The van der Waals surface area contributed by atoms with Crippen molar-refractivity contribution in [1.82, 2.24) is 0 Å². The van der Waals surface area contributed by atoms with Crippen molar-refractivity contribution in [1.29, 1.82) is 0 Å². The lowest BCUT2D eigenvalue weighted by atomic mass is 10.1. The summed E-state index contributed by atoms with van der Waals surface area (Å²) < 4.78 is 2.70. The Balaban J connectivity index is 2.28. The molecule has 0 saturated carbocycles. The number of thioether (sulfide) groups is 1. The summed E-state index contributed by atoms with van der Waals surface area (Å²) >= 11 is 3.59. The molecule has 17 heavy (non-hydrogen) atoms. The van der Waals surface area contributed by atoms with Crippen LogP contribution in [0.2, 0.25) is 0 Å². The Bertz CT molecular complexity index is 716. The highest BCUT2D eigenvalue weighted by atomic mass is 32.2. The number of rotatable bonds is 2. The first-order valence-corrected chi connectivity index (χ1v) is 7.17. The minimum atomic E-state index is 0.730. The fourth-order valence-electron chi connectivity index (χ4n) is 1.95. The van der Waals surface area contributed by atoms with Crippen molar-refractivity contribution >= 4 is 43.3 Å². The number of terminal acetylenes is 1. The first-order valence-electron chi connectivity index (χ1n) is 5.36. The molecular formula is C15H10S2. The number of hydrogen-bond donors (Lipinski definition) is 0. The number of hydrogen-bond acceptors (Lipinski definition) is 2. The van der Waals surface area contributed by atoms with Crippen molar-refractivity contribution in [3.8, 4) is 12.3 Å². The molecule has 0 radical (unpaired) electrons. The van der Waals surface area contributed by atoms with E-state index in [2.05, 4.69) is 48.4 Å². The molecule has 0 spiro atoms. The maximum atomic E-state index is 5.33. The monoisotopic (exact) mass is 254 g/mol. The third kappa shape index (κ3) is 1.82. The van der Waals surface area contributed by atoms with Crippen LogP contribution in [0.15, 0.2) is 47.4 Å². The molecule has 0 nitrogen and oxygen atoms in total. The van der Waals surface area contributed by atoms with Gasteiger partial charge >= 0.3 is 0 Å². The maximum absolute atomic E-state index is 5.33. The van der Waals surface area contributed by atoms with Crippen LogP contribution in [0.1, 0.15) is 0 Å². The predicted molar refractivity (Wildman–Crippen MR) is 78.9 cm³/mol. The summed E-state index contributed by atoms with van der Waals surface area (Å²) in [7, 11) is 0. The molecule has 3 aromatic rings. The Morgan fingerprint density at radius 2 is 1.88 bits per heavy atom. The zero-order valence-electron chi connectivity index (χ0n) is 9.14. The molecule has 1 aromatic heterocycles. The van der Waals surface area contributed by atoms with E-state index in [0.717, 1.165) is 5.75 Å². The average molecular weight is 254 g/mol. The maximum Gasteiger partial charge on any atom is 0.0592 e. The second-order valence-corrected chi connectivity index (χ2v) is 5.79. The van der Waals surface area contributed by atoms with Gasteiger partial charge in [0.15, 0.2) is 0 Å². The Morgan fingerprint density at radius 3 is 2.76 bits per heavy atom. The standard InChI is InChI=1S/C15H10S2/c1-2-10-16-14-9-5-7-12-11-6-3-4-8-13(11)17-15(12)14/h1,3-9H,10H2. The highest BCUT2D eigenvalue weighted by molar-refractivity contribution is 7.99. The second-order valence-electron chi connectivity index (χ2n) is 3.72. The topological polar surface area (TPSA) is 0 Å². The highest BCUT2D eigenvalue weighted by Crippen LogP contribution is 2.39. The van der Waals surface area contributed by atoms with E-state index in [1.54, 1.807) is 11.8 Å². The molecule has 0 aliphatic carbocycles. The second kappa shape index (κ2) is 4.44. The molecule has 2 heteroatoms. The van der Waals surface area contributed by atoms with Crippen molar-refractivity contribution in [2.75, 3.05) is 5.75 Å². The summed E-state index contributed by atoms with van der Waals surface area (Å²) in [5.41, 5.74) is 0. The van der Waals surface area contributed by atoms with Crippen LogP contribution in [0.5, 0.6) is 0 Å². The Kier molecular flexibility index (Phi) is 2.80. The van der Waals surface area contributed by atoms with Gasteiger partial charge in [0.2, 0.25) is 0 Å². The van der Waals surface area contributed by atoms with E-state index in [1.807, 2.05) is 11.3 Å². The SMILES string of the molecule is C#CCSc1cccc2c1sc1ccccc12. The number of benzene rings is 2. The van der Waals surface area contributed by atoms with Crippen molar-refractivity contribution in [3.05, 3.63) is 42.5 Å². The van der Waals surface area contributed by atoms with Crippen molar-refractivity contribution < 1.29 is 0 Å². The molecule has 0 aliphatic heterocycles. The molecule has 0 aliphatic rings. The van der Waals surface area contributed by atoms with Gasteiger partial charge in [-0.15, -0.1) is 29.5 Å². The first kappa shape index (κ1) is 10.7. The van der Waals surface area contributed by atoms with Crippen molar-refractivity contribution in [2.45, 2.75) is 4.90 Å². The lowest BCUT2D eigenvalue weighted by Crippen LogP contribution is -1.74. The van der Waals surface area contributed by atoms with Crippen molar-refractivity contribution in [2.24, 2.45) is 0 Å². The molecule has 2 aromatic carbocycles. The van der Waals surface area contributed by atoms with E-state index < -0.39 is 0 Å². The average Bonchev–Trinajstić information content (AvgIpc) is 2.75. The summed E-state index contributed by atoms with van der Waals surface area (Å²) in [4.78, 5) is 1.29. The molecule has 0 N–H and O–H groups in total. The lowest BCUT2D eigenvalue weighted by Gasteiger charge is -1.99. The molecule has 82 valence electrons. The third-order valence-corrected chi connectivity index (χ3v) is 4.99. The molecule has 1 heterocycles. The van der Waals surface area contributed by atoms with Gasteiger partial charge in [0.05, 0.1) is 5.75 Å². The summed E-state index contributed by atoms with van der Waals surface area (Å²) in [6, 6.07) is 15.0. The van der Waals surface area contributed by atoms with E-state index in [1.165, 1.54) is 25.1 Å². The quantitative estimate of drug-likeness (QED) is 0.468. The molecule has 3 rings (SSSR count). The first-order chi connectivity index (χ1) is 8.40. The summed E-state index contributed by atoms with van der Waals surface area (Å²) in [6.07, 6.45) is 5.33.